The van der Waals surface area contributed by atoms with Crippen LogP contribution in [0.3, 0.4) is 0 Å². The maximum atomic E-state index is 12.2. The quantitative estimate of drug-likeness (QED) is 0.526. The molecule has 1 N–H and O–H groups in total. The molecule has 4 rings (SSSR count). The van der Waals surface area contributed by atoms with Crippen molar-refractivity contribution in [3.63, 3.8) is 0 Å². The summed E-state index contributed by atoms with van der Waals surface area (Å²) >= 11 is 6.11. The lowest BCUT2D eigenvalue weighted by Crippen LogP contribution is -2.33. The summed E-state index contributed by atoms with van der Waals surface area (Å²) in [7, 11) is 0. The zero-order valence-electron chi connectivity index (χ0n) is 17.5. The topological polar surface area (TPSA) is 58.1 Å². The average Bonchev–Trinajstić information content (AvgIpc) is 2.80. The number of rotatable bonds is 5. The highest BCUT2D eigenvalue weighted by atomic mass is 35.5. The third kappa shape index (κ3) is 5.50. The molecule has 158 valence electrons. The van der Waals surface area contributed by atoms with Gasteiger partial charge in [0.25, 0.3) is 0 Å². The molecule has 0 aliphatic carbocycles. The fourth-order valence-corrected chi connectivity index (χ4v) is 3.77. The number of piperidine rings is 1. The smallest absolute Gasteiger partial charge is 0.248 e. The van der Waals surface area contributed by atoms with Gasteiger partial charge in [-0.25, -0.2) is 0 Å². The maximum absolute atomic E-state index is 12.2. The van der Waals surface area contributed by atoms with E-state index in [-0.39, 0.29) is 5.91 Å². The van der Waals surface area contributed by atoms with Crippen LogP contribution < -0.4 is 10.2 Å². The predicted octanol–water partition coefficient (Wildman–Crippen LogP) is 5.69. The molecule has 0 unspecified atom stereocenters. The summed E-state index contributed by atoms with van der Waals surface area (Å²) in [4.78, 5) is 14.5. The van der Waals surface area contributed by atoms with Gasteiger partial charge in [-0.3, -0.25) is 4.79 Å². The van der Waals surface area contributed by atoms with E-state index in [4.69, 9.17) is 11.6 Å². The normalized spacial score (nSPS) is 14.7. The van der Waals surface area contributed by atoms with Crippen LogP contribution in [-0.4, -0.2) is 29.2 Å². The first-order valence-electron chi connectivity index (χ1n) is 10.5. The van der Waals surface area contributed by atoms with Crippen molar-refractivity contribution in [2.45, 2.75) is 19.8 Å². The number of halogens is 1. The number of amides is 1. The van der Waals surface area contributed by atoms with E-state index < -0.39 is 0 Å². The molecule has 0 saturated carbocycles. The van der Waals surface area contributed by atoms with Crippen LogP contribution in [0.5, 0.6) is 0 Å². The Kier molecular flexibility index (Phi) is 6.63. The highest BCUT2D eigenvalue weighted by Gasteiger charge is 2.17. The van der Waals surface area contributed by atoms with Gasteiger partial charge in [-0.1, -0.05) is 48.9 Å². The number of benzene rings is 2. The van der Waals surface area contributed by atoms with E-state index in [1.807, 2.05) is 54.6 Å². The van der Waals surface area contributed by atoms with Crippen LogP contribution in [0, 0.1) is 5.92 Å². The summed E-state index contributed by atoms with van der Waals surface area (Å²) in [5.41, 5.74) is 3.28. The van der Waals surface area contributed by atoms with E-state index >= 15 is 0 Å². The molecular formula is C25H25ClN4O. The van der Waals surface area contributed by atoms with Crippen LogP contribution in [0.15, 0.2) is 66.7 Å². The Morgan fingerprint density at radius 3 is 2.45 bits per heavy atom. The SMILES string of the molecule is CC1CCN(c2ccc(-c3ccc(NC(=O)/C=C/c4ccccc4Cl)cc3)nn2)CC1. The van der Waals surface area contributed by atoms with Crippen molar-refractivity contribution in [3.8, 4) is 11.3 Å². The zero-order chi connectivity index (χ0) is 21.6. The summed E-state index contributed by atoms with van der Waals surface area (Å²) in [5.74, 6) is 1.51. The molecule has 0 spiro atoms. The molecule has 1 aromatic heterocycles. The molecule has 2 aromatic carbocycles. The molecule has 1 aliphatic rings. The van der Waals surface area contributed by atoms with Crippen molar-refractivity contribution in [1.82, 2.24) is 10.2 Å². The lowest BCUT2D eigenvalue weighted by Gasteiger charge is -2.30. The fraction of sp³-hybridized carbons (Fsp3) is 0.240. The standard InChI is InChI=1S/C25H25ClN4O/c1-18-14-16-30(17-15-18)24-12-11-23(28-29-24)20-6-9-21(10-7-20)27-25(31)13-8-19-4-2-3-5-22(19)26/h2-13,18H,14-17H2,1H3,(H,27,31)/b13-8+. The van der Waals surface area contributed by atoms with Crippen LogP contribution in [-0.2, 0) is 4.79 Å². The first kappa shape index (κ1) is 21.1. The minimum Gasteiger partial charge on any atom is -0.355 e. The molecule has 2 heterocycles. The summed E-state index contributed by atoms with van der Waals surface area (Å²) in [5, 5.41) is 12.3. The molecule has 31 heavy (non-hydrogen) atoms. The minimum atomic E-state index is -0.215. The van der Waals surface area contributed by atoms with Crippen LogP contribution in [0.4, 0.5) is 11.5 Å². The molecule has 6 heteroatoms. The second-order valence-electron chi connectivity index (χ2n) is 7.87. The molecule has 1 saturated heterocycles. The van der Waals surface area contributed by atoms with E-state index in [2.05, 4.69) is 27.3 Å². The predicted molar refractivity (Wildman–Crippen MR) is 127 cm³/mol. The van der Waals surface area contributed by atoms with Gasteiger partial charge in [0.05, 0.1) is 5.69 Å². The van der Waals surface area contributed by atoms with E-state index in [1.165, 1.54) is 18.9 Å². The lowest BCUT2D eigenvalue weighted by atomic mass is 9.99. The van der Waals surface area contributed by atoms with Crippen LogP contribution in [0.2, 0.25) is 5.02 Å². The van der Waals surface area contributed by atoms with Gasteiger partial charge in [-0.15, -0.1) is 10.2 Å². The third-order valence-electron chi connectivity index (χ3n) is 5.53. The number of nitrogens with zero attached hydrogens (tertiary/aromatic N) is 3. The summed E-state index contributed by atoms with van der Waals surface area (Å²) < 4.78 is 0. The summed E-state index contributed by atoms with van der Waals surface area (Å²) in [6, 6.07) is 19.0. The highest BCUT2D eigenvalue weighted by molar-refractivity contribution is 6.32. The Bertz CT molecular complexity index is 1060. The maximum Gasteiger partial charge on any atom is 0.248 e. The van der Waals surface area contributed by atoms with Gasteiger partial charge in [0.15, 0.2) is 5.82 Å². The average molecular weight is 433 g/mol. The number of hydrogen-bond donors (Lipinski definition) is 1. The van der Waals surface area contributed by atoms with E-state index in [0.717, 1.165) is 41.6 Å². The van der Waals surface area contributed by atoms with Gasteiger partial charge in [0.2, 0.25) is 5.91 Å². The van der Waals surface area contributed by atoms with Crippen molar-refractivity contribution in [3.05, 3.63) is 77.3 Å². The van der Waals surface area contributed by atoms with Gasteiger partial charge in [0, 0.05) is 35.4 Å². The van der Waals surface area contributed by atoms with E-state index in [0.29, 0.717) is 10.7 Å². The monoisotopic (exact) mass is 432 g/mol. The van der Waals surface area contributed by atoms with Crippen LogP contribution in [0.1, 0.15) is 25.3 Å². The largest absolute Gasteiger partial charge is 0.355 e. The molecule has 5 nitrogen and oxygen atoms in total. The molecule has 0 radical (unpaired) electrons. The second-order valence-corrected chi connectivity index (χ2v) is 8.27. The molecule has 1 aliphatic heterocycles. The number of hydrogen-bond acceptors (Lipinski definition) is 4. The molecule has 0 atom stereocenters. The van der Waals surface area contributed by atoms with Crippen molar-refractivity contribution in [2.24, 2.45) is 5.92 Å². The van der Waals surface area contributed by atoms with Crippen molar-refractivity contribution in [2.75, 3.05) is 23.3 Å². The summed E-state index contributed by atoms with van der Waals surface area (Å²) in [6.45, 7) is 4.37. The zero-order valence-corrected chi connectivity index (χ0v) is 18.2. The molecule has 1 amide bonds. The number of anilines is 2. The highest BCUT2D eigenvalue weighted by Crippen LogP contribution is 2.24. The van der Waals surface area contributed by atoms with Gasteiger partial charge in [-0.05, 0) is 60.7 Å². The van der Waals surface area contributed by atoms with Gasteiger partial charge in [0.1, 0.15) is 0 Å². The first-order chi connectivity index (χ1) is 15.1. The number of aromatic nitrogens is 2. The Labute approximate surface area is 187 Å². The van der Waals surface area contributed by atoms with Gasteiger partial charge < -0.3 is 10.2 Å². The van der Waals surface area contributed by atoms with Crippen LogP contribution in [0.25, 0.3) is 17.3 Å². The second kappa shape index (κ2) is 9.75. The summed E-state index contributed by atoms with van der Waals surface area (Å²) in [6.07, 6.45) is 5.57. The van der Waals surface area contributed by atoms with Gasteiger partial charge in [-0.2, -0.15) is 0 Å². The minimum absolute atomic E-state index is 0.215. The third-order valence-corrected chi connectivity index (χ3v) is 5.87. The van der Waals surface area contributed by atoms with E-state index in [1.54, 1.807) is 12.1 Å². The molecule has 1 fully saturated rings. The van der Waals surface area contributed by atoms with Crippen LogP contribution >= 0.6 is 11.6 Å². The molecule has 3 aromatic rings. The lowest BCUT2D eigenvalue weighted by molar-refractivity contribution is -0.111. The van der Waals surface area contributed by atoms with Crippen molar-refractivity contribution in [1.29, 1.82) is 0 Å². The Hall–Kier alpha value is -3.18. The van der Waals surface area contributed by atoms with Crippen molar-refractivity contribution >= 4 is 35.1 Å². The first-order valence-corrected chi connectivity index (χ1v) is 10.9. The Morgan fingerprint density at radius 2 is 1.77 bits per heavy atom. The number of carbonyl (C=O) groups excluding carboxylic acids is 1. The molecular weight excluding hydrogens is 408 g/mol. The number of nitrogens with one attached hydrogen (secondary N) is 1. The van der Waals surface area contributed by atoms with Crippen molar-refractivity contribution < 1.29 is 4.79 Å². The van der Waals surface area contributed by atoms with E-state index in [9.17, 15) is 4.79 Å². The Balaban J connectivity index is 1.36. The Morgan fingerprint density at radius 1 is 1.03 bits per heavy atom. The molecule has 0 bridgehead atoms. The number of carbonyl (C=O) groups is 1. The fourth-order valence-electron chi connectivity index (χ4n) is 3.57. The van der Waals surface area contributed by atoms with Gasteiger partial charge >= 0.3 is 0 Å².